The second kappa shape index (κ2) is 6.41. The Hall–Kier alpha value is -0.520. The van der Waals surface area contributed by atoms with E-state index in [4.69, 9.17) is 0 Å². The molecule has 0 N–H and O–H groups in total. The average molecular weight is 556 g/mol. The van der Waals surface area contributed by atoms with Gasteiger partial charge in [-0.25, -0.2) is 0 Å². The highest BCUT2D eigenvalue weighted by Crippen LogP contribution is 2.56. The third-order valence-corrected chi connectivity index (χ3v) is 4.84. The van der Waals surface area contributed by atoms with Crippen LogP contribution in [0.3, 0.4) is 0 Å². The predicted molar refractivity (Wildman–Crippen MR) is 91.2 cm³/mol. The molecule has 2 rings (SSSR count). The molecule has 124 valence electrons. The molecule has 0 aliphatic carbocycles. The van der Waals surface area contributed by atoms with Crippen molar-refractivity contribution in [3.63, 3.8) is 0 Å². The molecule has 0 unspecified atom stereocenters. The van der Waals surface area contributed by atoms with Gasteiger partial charge in [0.15, 0.2) is 0 Å². The monoisotopic (exact) mass is 556 g/mol. The molecule has 0 radical (unpaired) electrons. The zero-order chi connectivity index (χ0) is 17.5. The Bertz CT molecular complexity index is 610. The topological polar surface area (TPSA) is 0 Å². The van der Waals surface area contributed by atoms with Crippen LogP contribution in [0.2, 0.25) is 0 Å². The van der Waals surface area contributed by atoms with Crippen molar-refractivity contribution in [2.24, 2.45) is 0 Å². The van der Waals surface area contributed by atoms with Crippen LogP contribution in [0, 0.1) is 7.14 Å². The van der Waals surface area contributed by atoms with Crippen molar-refractivity contribution in [2.75, 3.05) is 0 Å². The molecule has 0 saturated carbocycles. The van der Waals surface area contributed by atoms with Gasteiger partial charge in [-0.15, -0.1) is 0 Å². The van der Waals surface area contributed by atoms with E-state index in [1.165, 1.54) is 24.3 Å². The van der Waals surface area contributed by atoms with E-state index in [9.17, 15) is 26.3 Å². The highest BCUT2D eigenvalue weighted by atomic mass is 127. The SMILES string of the molecule is FC(F)(F)C(c1ccc(I)cc1)(c1ccc(I)cc1)C(F)(F)F. The number of alkyl halides is 6. The van der Waals surface area contributed by atoms with Crippen molar-refractivity contribution in [1.82, 2.24) is 0 Å². The fraction of sp³-hybridized carbons (Fsp3) is 0.200. The van der Waals surface area contributed by atoms with E-state index in [2.05, 4.69) is 0 Å². The van der Waals surface area contributed by atoms with Gasteiger partial charge in [-0.2, -0.15) is 26.3 Å². The fourth-order valence-corrected chi connectivity index (χ4v) is 3.10. The van der Waals surface area contributed by atoms with E-state index < -0.39 is 28.9 Å². The Labute approximate surface area is 155 Å². The van der Waals surface area contributed by atoms with E-state index in [1.54, 1.807) is 0 Å². The lowest BCUT2D eigenvalue weighted by atomic mass is 9.73. The van der Waals surface area contributed by atoms with E-state index in [0.717, 1.165) is 24.3 Å². The summed E-state index contributed by atoms with van der Waals surface area (Å²) in [5, 5.41) is 0. The van der Waals surface area contributed by atoms with Crippen LogP contribution in [0.15, 0.2) is 48.5 Å². The largest absolute Gasteiger partial charge is 0.411 e. The molecule has 0 aliphatic rings. The lowest BCUT2D eigenvalue weighted by Crippen LogP contribution is -2.54. The smallest absolute Gasteiger partial charge is 0.169 e. The van der Waals surface area contributed by atoms with Crippen molar-refractivity contribution in [3.8, 4) is 0 Å². The summed E-state index contributed by atoms with van der Waals surface area (Å²) in [5.74, 6) is 0. The van der Waals surface area contributed by atoms with Gasteiger partial charge >= 0.3 is 12.4 Å². The van der Waals surface area contributed by atoms with Crippen LogP contribution in [0.4, 0.5) is 26.3 Å². The molecule has 0 aromatic heterocycles. The second-order valence-corrected chi connectivity index (χ2v) is 7.25. The van der Waals surface area contributed by atoms with Gasteiger partial charge in [0.25, 0.3) is 0 Å². The minimum atomic E-state index is -5.54. The highest BCUT2D eigenvalue weighted by Gasteiger charge is 2.72. The Morgan fingerprint density at radius 1 is 0.522 bits per heavy atom. The second-order valence-electron chi connectivity index (χ2n) is 4.76. The van der Waals surface area contributed by atoms with Gasteiger partial charge < -0.3 is 0 Å². The Balaban J connectivity index is 2.86. The standard InChI is InChI=1S/C15H8F6I2/c16-14(17,18)13(15(19,20)21,9-1-5-11(22)6-2-9)10-3-7-12(23)8-4-10/h1-8H. The molecule has 2 aromatic carbocycles. The van der Waals surface area contributed by atoms with Crippen molar-refractivity contribution in [3.05, 3.63) is 66.8 Å². The number of benzene rings is 2. The first-order valence-corrected chi connectivity index (χ1v) is 8.31. The lowest BCUT2D eigenvalue weighted by Gasteiger charge is -2.38. The molecular formula is C15H8F6I2. The molecule has 2 aromatic rings. The summed E-state index contributed by atoms with van der Waals surface area (Å²) in [7, 11) is 0. The first-order valence-electron chi connectivity index (χ1n) is 6.15. The average Bonchev–Trinajstić information content (AvgIpc) is 2.40. The molecule has 0 atom stereocenters. The Kier molecular flexibility index (Phi) is 5.25. The summed E-state index contributed by atoms with van der Waals surface area (Å²) < 4.78 is 83.4. The zero-order valence-corrected chi connectivity index (χ0v) is 15.5. The molecule has 0 nitrogen and oxygen atoms in total. The maximum absolute atomic E-state index is 13.7. The minimum absolute atomic E-state index is 0.548. The molecule has 0 heterocycles. The summed E-state index contributed by atoms with van der Waals surface area (Å²) in [6, 6.07) is 8.43. The third kappa shape index (κ3) is 3.33. The van der Waals surface area contributed by atoms with Gasteiger partial charge in [0.05, 0.1) is 0 Å². The van der Waals surface area contributed by atoms with Gasteiger partial charge in [-0.05, 0) is 80.6 Å². The summed E-state index contributed by atoms with van der Waals surface area (Å²) in [6.07, 6.45) is -11.1. The van der Waals surface area contributed by atoms with Crippen molar-refractivity contribution < 1.29 is 26.3 Å². The maximum Gasteiger partial charge on any atom is 0.411 e. The number of rotatable bonds is 2. The summed E-state index contributed by atoms with van der Waals surface area (Å²) in [6.45, 7) is 0. The molecule has 0 bridgehead atoms. The zero-order valence-electron chi connectivity index (χ0n) is 11.1. The van der Waals surface area contributed by atoms with Gasteiger partial charge in [0.1, 0.15) is 0 Å². The predicted octanol–water partition coefficient (Wildman–Crippen LogP) is 6.31. The molecular weight excluding hydrogens is 548 g/mol. The van der Waals surface area contributed by atoms with Gasteiger partial charge in [0.2, 0.25) is 5.41 Å². The Morgan fingerprint density at radius 2 is 0.783 bits per heavy atom. The van der Waals surface area contributed by atoms with Crippen LogP contribution < -0.4 is 0 Å². The first kappa shape index (κ1) is 18.8. The third-order valence-electron chi connectivity index (χ3n) is 3.40. The Morgan fingerprint density at radius 3 is 1.00 bits per heavy atom. The molecule has 0 fully saturated rings. The van der Waals surface area contributed by atoms with Crippen LogP contribution >= 0.6 is 45.2 Å². The van der Waals surface area contributed by atoms with Gasteiger partial charge in [-0.1, -0.05) is 24.3 Å². The molecule has 0 spiro atoms. The fourth-order valence-electron chi connectivity index (χ4n) is 2.38. The lowest BCUT2D eigenvalue weighted by molar-refractivity contribution is -0.288. The van der Waals surface area contributed by atoms with E-state index in [-0.39, 0.29) is 0 Å². The molecule has 8 heteroatoms. The maximum atomic E-state index is 13.7. The van der Waals surface area contributed by atoms with E-state index in [1.807, 2.05) is 45.2 Å². The first-order chi connectivity index (χ1) is 10.5. The van der Waals surface area contributed by atoms with Crippen LogP contribution in [-0.4, -0.2) is 12.4 Å². The number of hydrogen-bond donors (Lipinski definition) is 0. The normalized spacial score (nSPS) is 13.2. The summed E-state index contributed by atoms with van der Waals surface area (Å²) >= 11 is 3.64. The summed E-state index contributed by atoms with van der Waals surface area (Å²) in [4.78, 5) is 0. The van der Waals surface area contributed by atoms with Crippen LogP contribution in [-0.2, 0) is 5.41 Å². The van der Waals surface area contributed by atoms with Crippen LogP contribution in [0.25, 0.3) is 0 Å². The van der Waals surface area contributed by atoms with Gasteiger partial charge in [0, 0.05) is 7.14 Å². The van der Waals surface area contributed by atoms with E-state index in [0.29, 0.717) is 7.14 Å². The number of hydrogen-bond acceptors (Lipinski definition) is 0. The minimum Gasteiger partial charge on any atom is -0.169 e. The quantitative estimate of drug-likeness (QED) is 0.301. The van der Waals surface area contributed by atoms with Crippen molar-refractivity contribution in [2.45, 2.75) is 17.8 Å². The van der Waals surface area contributed by atoms with Crippen molar-refractivity contribution >= 4 is 45.2 Å². The highest BCUT2D eigenvalue weighted by molar-refractivity contribution is 14.1. The van der Waals surface area contributed by atoms with Crippen LogP contribution in [0.5, 0.6) is 0 Å². The van der Waals surface area contributed by atoms with E-state index >= 15 is 0 Å². The number of halogens is 8. The molecule has 0 amide bonds. The van der Waals surface area contributed by atoms with Crippen molar-refractivity contribution in [1.29, 1.82) is 0 Å². The summed E-state index contributed by atoms with van der Waals surface area (Å²) in [5.41, 5.74) is -5.76. The van der Waals surface area contributed by atoms with Crippen LogP contribution in [0.1, 0.15) is 11.1 Å². The molecule has 23 heavy (non-hydrogen) atoms. The molecule has 0 aliphatic heterocycles. The van der Waals surface area contributed by atoms with Gasteiger partial charge in [-0.3, -0.25) is 0 Å². The molecule has 0 saturated heterocycles.